The molecule has 3 heteroatoms. The first-order chi connectivity index (χ1) is 5.56. The van der Waals surface area contributed by atoms with Crippen LogP contribution >= 0.6 is 0 Å². The van der Waals surface area contributed by atoms with Gasteiger partial charge in [-0.3, -0.25) is 0 Å². The molecule has 70 valence electrons. The van der Waals surface area contributed by atoms with Crippen LogP contribution in [-0.2, 0) is 4.74 Å². The van der Waals surface area contributed by atoms with Gasteiger partial charge in [0.25, 0.3) is 0 Å². The first kappa shape index (κ1) is 9.36. The van der Waals surface area contributed by atoms with E-state index >= 15 is 0 Å². The number of methoxy groups -OCH3 is 1. The summed E-state index contributed by atoms with van der Waals surface area (Å²) in [5.41, 5.74) is 0.230. The SMILES string of the molecule is COC(=O)NC1CCCC1(C)C. The number of hydrogen-bond donors (Lipinski definition) is 1. The van der Waals surface area contributed by atoms with Crippen molar-refractivity contribution >= 4 is 6.09 Å². The topological polar surface area (TPSA) is 38.3 Å². The number of carbonyl (C=O) groups is 1. The summed E-state index contributed by atoms with van der Waals surface area (Å²) in [4.78, 5) is 10.9. The maximum Gasteiger partial charge on any atom is 0.407 e. The highest BCUT2D eigenvalue weighted by Gasteiger charge is 2.35. The lowest BCUT2D eigenvalue weighted by molar-refractivity contribution is 0.156. The van der Waals surface area contributed by atoms with Crippen molar-refractivity contribution in [2.24, 2.45) is 5.41 Å². The fourth-order valence-electron chi connectivity index (χ4n) is 1.80. The number of amides is 1. The van der Waals surface area contributed by atoms with Crippen molar-refractivity contribution in [2.75, 3.05) is 7.11 Å². The summed E-state index contributed by atoms with van der Waals surface area (Å²) in [6.45, 7) is 4.36. The van der Waals surface area contributed by atoms with Gasteiger partial charge in [0.1, 0.15) is 0 Å². The number of ether oxygens (including phenoxy) is 1. The Morgan fingerprint density at radius 3 is 2.67 bits per heavy atom. The Morgan fingerprint density at radius 1 is 1.58 bits per heavy atom. The zero-order valence-corrected chi connectivity index (χ0v) is 8.02. The van der Waals surface area contributed by atoms with Gasteiger partial charge in [0, 0.05) is 6.04 Å². The molecule has 12 heavy (non-hydrogen) atoms. The van der Waals surface area contributed by atoms with Crippen LogP contribution < -0.4 is 5.32 Å². The molecule has 0 aromatic rings. The van der Waals surface area contributed by atoms with Crippen LogP contribution in [0.15, 0.2) is 0 Å². The van der Waals surface area contributed by atoms with Crippen LogP contribution in [0.3, 0.4) is 0 Å². The fourth-order valence-corrected chi connectivity index (χ4v) is 1.80. The Kier molecular flexibility index (Phi) is 2.60. The van der Waals surface area contributed by atoms with E-state index in [4.69, 9.17) is 0 Å². The van der Waals surface area contributed by atoms with Crippen LogP contribution in [0.1, 0.15) is 33.1 Å². The number of rotatable bonds is 1. The minimum Gasteiger partial charge on any atom is -0.453 e. The van der Waals surface area contributed by atoms with Crippen molar-refractivity contribution in [3.05, 3.63) is 0 Å². The number of hydrogen-bond acceptors (Lipinski definition) is 2. The lowest BCUT2D eigenvalue weighted by Gasteiger charge is -2.26. The van der Waals surface area contributed by atoms with E-state index < -0.39 is 0 Å². The molecule has 1 saturated carbocycles. The van der Waals surface area contributed by atoms with Gasteiger partial charge >= 0.3 is 6.09 Å². The highest BCUT2D eigenvalue weighted by molar-refractivity contribution is 5.67. The van der Waals surface area contributed by atoms with Crippen LogP contribution in [-0.4, -0.2) is 19.2 Å². The molecular formula is C9H17NO2. The monoisotopic (exact) mass is 171 g/mol. The van der Waals surface area contributed by atoms with Crippen LogP contribution in [0, 0.1) is 5.41 Å². The predicted molar refractivity (Wildman–Crippen MR) is 47.0 cm³/mol. The van der Waals surface area contributed by atoms with Gasteiger partial charge in [0.15, 0.2) is 0 Å². The lowest BCUT2D eigenvalue weighted by atomic mass is 9.87. The summed E-state index contributed by atoms with van der Waals surface area (Å²) in [7, 11) is 1.40. The standard InChI is InChI=1S/C9H17NO2/c1-9(2)6-4-5-7(9)10-8(11)12-3/h7H,4-6H2,1-3H3,(H,10,11). The van der Waals surface area contributed by atoms with Gasteiger partial charge < -0.3 is 10.1 Å². The van der Waals surface area contributed by atoms with Crippen LogP contribution in [0.4, 0.5) is 4.79 Å². The van der Waals surface area contributed by atoms with Gasteiger partial charge in [-0.25, -0.2) is 4.79 Å². The minimum absolute atomic E-state index is 0.230. The highest BCUT2D eigenvalue weighted by atomic mass is 16.5. The summed E-state index contributed by atoms with van der Waals surface area (Å²) >= 11 is 0. The van der Waals surface area contributed by atoms with Gasteiger partial charge in [-0.15, -0.1) is 0 Å². The smallest absolute Gasteiger partial charge is 0.407 e. The van der Waals surface area contributed by atoms with E-state index in [9.17, 15) is 4.79 Å². The maximum absolute atomic E-state index is 10.9. The molecule has 0 bridgehead atoms. The Morgan fingerprint density at radius 2 is 2.25 bits per heavy atom. The fraction of sp³-hybridized carbons (Fsp3) is 0.889. The molecule has 0 aromatic carbocycles. The Balaban J connectivity index is 2.47. The van der Waals surface area contributed by atoms with E-state index in [1.807, 2.05) is 0 Å². The molecule has 0 heterocycles. The second-order valence-corrected chi connectivity index (χ2v) is 4.07. The Labute approximate surface area is 73.5 Å². The molecule has 3 nitrogen and oxygen atoms in total. The van der Waals surface area contributed by atoms with Crippen molar-refractivity contribution in [3.63, 3.8) is 0 Å². The quantitative estimate of drug-likeness (QED) is 0.654. The van der Waals surface area contributed by atoms with Crippen LogP contribution in [0.5, 0.6) is 0 Å². The second-order valence-electron chi connectivity index (χ2n) is 4.07. The van der Waals surface area contributed by atoms with Crippen molar-refractivity contribution in [1.82, 2.24) is 5.32 Å². The third-order valence-corrected chi connectivity index (χ3v) is 2.73. The average molecular weight is 171 g/mol. The normalized spacial score (nSPS) is 26.8. The van der Waals surface area contributed by atoms with Crippen molar-refractivity contribution in [3.8, 4) is 0 Å². The molecule has 0 aliphatic heterocycles. The Hall–Kier alpha value is -0.730. The molecule has 0 aromatic heterocycles. The summed E-state index contributed by atoms with van der Waals surface area (Å²) in [5.74, 6) is 0. The molecule has 1 atom stereocenters. The van der Waals surface area contributed by atoms with Crippen LogP contribution in [0.2, 0.25) is 0 Å². The molecule has 1 fully saturated rings. The molecule has 1 aliphatic rings. The van der Waals surface area contributed by atoms with E-state index in [-0.39, 0.29) is 17.6 Å². The number of carbonyl (C=O) groups excluding carboxylic acids is 1. The van der Waals surface area contributed by atoms with E-state index in [0.717, 1.165) is 6.42 Å². The zero-order chi connectivity index (χ0) is 9.19. The minimum atomic E-state index is -0.310. The van der Waals surface area contributed by atoms with Gasteiger partial charge in [0.2, 0.25) is 0 Å². The molecule has 1 unspecified atom stereocenters. The van der Waals surface area contributed by atoms with E-state index in [1.165, 1.54) is 20.0 Å². The molecule has 1 aliphatic carbocycles. The third kappa shape index (κ3) is 1.90. The zero-order valence-electron chi connectivity index (χ0n) is 8.02. The van der Waals surface area contributed by atoms with E-state index in [0.29, 0.717) is 0 Å². The van der Waals surface area contributed by atoms with Gasteiger partial charge in [-0.2, -0.15) is 0 Å². The molecule has 1 rings (SSSR count). The molecule has 1 N–H and O–H groups in total. The van der Waals surface area contributed by atoms with E-state index in [2.05, 4.69) is 23.9 Å². The predicted octanol–water partition coefficient (Wildman–Crippen LogP) is 1.92. The lowest BCUT2D eigenvalue weighted by Crippen LogP contribution is -2.41. The van der Waals surface area contributed by atoms with Gasteiger partial charge in [-0.1, -0.05) is 20.3 Å². The molecule has 0 radical (unpaired) electrons. The maximum atomic E-state index is 10.9. The summed E-state index contributed by atoms with van der Waals surface area (Å²) in [5, 5.41) is 2.86. The average Bonchev–Trinajstić information content (AvgIpc) is 2.31. The first-order valence-corrected chi connectivity index (χ1v) is 4.41. The molecular weight excluding hydrogens is 154 g/mol. The first-order valence-electron chi connectivity index (χ1n) is 4.41. The van der Waals surface area contributed by atoms with E-state index in [1.54, 1.807) is 0 Å². The largest absolute Gasteiger partial charge is 0.453 e. The second kappa shape index (κ2) is 3.33. The van der Waals surface area contributed by atoms with Crippen molar-refractivity contribution < 1.29 is 9.53 Å². The summed E-state index contributed by atoms with van der Waals surface area (Å²) in [6, 6.07) is 0.282. The third-order valence-electron chi connectivity index (χ3n) is 2.73. The summed E-state index contributed by atoms with van der Waals surface area (Å²) < 4.78 is 4.56. The number of nitrogens with one attached hydrogen (secondary N) is 1. The molecule has 1 amide bonds. The van der Waals surface area contributed by atoms with Gasteiger partial charge in [-0.05, 0) is 18.3 Å². The Bertz CT molecular complexity index is 177. The van der Waals surface area contributed by atoms with Crippen LogP contribution in [0.25, 0.3) is 0 Å². The molecule has 0 saturated heterocycles. The summed E-state index contributed by atoms with van der Waals surface area (Å²) in [6.07, 6.45) is 3.14. The van der Waals surface area contributed by atoms with Gasteiger partial charge in [0.05, 0.1) is 7.11 Å². The number of alkyl carbamates (subject to hydrolysis) is 1. The highest BCUT2D eigenvalue weighted by Crippen LogP contribution is 2.37. The van der Waals surface area contributed by atoms with Crippen molar-refractivity contribution in [1.29, 1.82) is 0 Å². The molecule has 0 spiro atoms. The van der Waals surface area contributed by atoms with Crippen molar-refractivity contribution in [2.45, 2.75) is 39.2 Å².